The molecule has 96 heavy (non-hydrogen) atoms. The van der Waals surface area contributed by atoms with Crippen molar-refractivity contribution in [2.75, 3.05) is 52.1 Å². The van der Waals surface area contributed by atoms with Crippen LogP contribution in [0.15, 0.2) is 153 Å². The van der Waals surface area contributed by atoms with Crippen LogP contribution in [0.25, 0.3) is 22.3 Å². The third-order valence-corrected chi connectivity index (χ3v) is 17.2. The fraction of sp³-hybridized carbons (Fsp3) is 0.378. The van der Waals surface area contributed by atoms with Gasteiger partial charge in [0.2, 0.25) is 11.8 Å². The van der Waals surface area contributed by atoms with Crippen LogP contribution in [0.2, 0.25) is 0 Å². The number of alkyl halides is 6. The molecule has 2 aromatic heterocycles. The Hall–Kier alpha value is -7.92. The zero-order valence-electron chi connectivity index (χ0n) is 76.6. The van der Waals surface area contributed by atoms with Gasteiger partial charge in [0.25, 0.3) is 11.1 Å². The van der Waals surface area contributed by atoms with E-state index in [0.717, 1.165) is 95.4 Å². The van der Waals surface area contributed by atoms with Crippen molar-refractivity contribution in [3.05, 3.63) is 233 Å². The van der Waals surface area contributed by atoms with Crippen molar-refractivity contribution in [1.29, 1.82) is 0 Å². The summed E-state index contributed by atoms with van der Waals surface area (Å²) in [5.41, 5.74) is -4.60. The summed E-state index contributed by atoms with van der Waals surface area (Å²) < 4.78 is 322. The van der Waals surface area contributed by atoms with E-state index in [1.165, 1.54) is 43.3 Å². The largest absolute Gasteiger partial charge is 0.416 e. The lowest BCUT2D eigenvalue weighted by molar-refractivity contribution is -0.138. The minimum Gasteiger partial charge on any atom is -0.336 e. The monoisotopic (exact) mass is 1380 g/mol. The molecule has 0 aliphatic heterocycles. The minimum absolute atomic E-state index is 0.0453. The van der Waals surface area contributed by atoms with E-state index in [1.807, 2.05) is 0 Å². The molecule has 6 aromatic carbocycles. The van der Waals surface area contributed by atoms with Crippen molar-refractivity contribution in [3.8, 4) is 22.3 Å². The molecular weight excluding hydrogens is 1280 g/mol. The maximum absolute atomic E-state index is 15.2. The first-order chi connectivity index (χ1) is 54.9. The van der Waals surface area contributed by atoms with Crippen LogP contribution in [0.1, 0.15) is 140 Å². The third kappa shape index (κ3) is 18.8. The van der Waals surface area contributed by atoms with Gasteiger partial charge in [0.1, 0.15) is 24.6 Å². The van der Waals surface area contributed by atoms with Gasteiger partial charge in [-0.05, 0) is 183 Å². The molecule has 12 nitrogen and oxygen atoms in total. The standard InChI is InChI=1S/2C37H40F4N4O2S/c2*1-4-43(5-2)19-20-44(22-29-12-11-28(21-25(29)3)27-13-15-30(16-14-27)37(39,40)41)34(46)23-45-33-8-6-7-32(33)35(47)42-36(45)48-24-26-9-17-31(38)18-10-26/h2*9-18,21H,4-8,19-20,22-24H2,1-3H3/i4D2,5D2,11D,12D,19D2,20D2,21D,22D2,23D2;4D2,5D2,11D,12D,21D,23D2. The summed E-state index contributed by atoms with van der Waals surface area (Å²) >= 11 is 1.64. The molecule has 2 aliphatic carbocycles. The lowest BCUT2D eigenvalue weighted by atomic mass is 9.98. The number of nitrogens with zero attached hydrogens (tertiary/aromatic N) is 8. The molecule has 8 aromatic rings. The second-order valence-electron chi connectivity index (χ2n) is 21.5. The molecule has 0 atom stereocenters. The van der Waals surface area contributed by atoms with E-state index in [2.05, 4.69) is 9.97 Å². The molecule has 0 N–H and O–H groups in total. The zero-order chi connectivity index (χ0) is 90.2. The van der Waals surface area contributed by atoms with Crippen LogP contribution in [0.4, 0.5) is 35.1 Å². The lowest BCUT2D eigenvalue weighted by Crippen LogP contribution is -2.40. The van der Waals surface area contributed by atoms with Crippen LogP contribution in [-0.2, 0) is 85.2 Å². The number of benzene rings is 6. The van der Waals surface area contributed by atoms with Gasteiger partial charge in [0, 0.05) is 86.9 Å². The summed E-state index contributed by atoms with van der Waals surface area (Å²) in [6.07, 6.45) is -8.17. The predicted molar refractivity (Wildman–Crippen MR) is 363 cm³/mol. The first-order valence-corrected chi connectivity index (χ1v) is 31.7. The van der Waals surface area contributed by atoms with Gasteiger partial charge in [0.15, 0.2) is 10.3 Å². The Bertz CT molecular complexity index is 5250. The number of amides is 2. The molecular formula is C74H80F8N8O4S2. The Kier molecular flexibility index (Phi) is 15.9. The molecule has 10 rings (SSSR count). The number of thioether (sulfide) groups is 2. The van der Waals surface area contributed by atoms with Gasteiger partial charge in [-0.15, -0.1) is 0 Å². The van der Waals surface area contributed by atoms with Crippen molar-refractivity contribution in [1.82, 2.24) is 38.7 Å². The molecule has 0 bridgehead atoms. The highest BCUT2D eigenvalue weighted by Gasteiger charge is 2.32. The van der Waals surface area contributed by atoms with Crippen LogP contribution < -0.4 is 11.1 Å². The van der Waals surface area contributed by atoms with Gasteiger partial charge < -0.3 is 28.7 Å². The summed E-state index contributed by atoms with van der Waals surface area (Å²) in [7, 11) is 0. The SMILES string of the molecule is [2H]c1c([2H])c(-c2ccc(C(F)(F)F)cc2)c([2H])c(C)c1CN(CCN(C([2H])([2H])C)C([2H])([2H])C)C(=O)C([2H])([2H])n1c(SCc2ccc(F)cc2)nc(=O)c2c1CCC2.[2H]c1c([2H])c(C([2H])([2H])N(C(=O)C([2H])([2H])n2c(SCc3ccc(F)cc3)nc(=O)c3c2CCC3)C([2H])([2H])C([2H])([2H])N(C([2H])([2H])C)C([2H])([2H])C)c(C)c([2H])c1-c1ccc(C(F)(F)F)cc1. The van der Waals surface area contributed by atoms with Gasteiger partial charge in [-0.2, -0.15) is 36.3 Å². The number of rotatable bonds is 26. The highest BCUT2D eigenvalue weighted by molar-refractivity contribution is 7.98. The summed E-state index contributed by atoms with van der Waals surface area (Å²) in [5.74, 6) is -4.54. The van der Waals surface area contributed by atoms with Crippen molar-refractivity contribution >= 4 is 35.3 Å². The van der Waals surface area contributed by atoms with E-state index in [1.54, 1.807) is 0 Å². The number of carbonyl (C=O) groups is 2. The molecule has 2 aliphatic rings. The van der Waals surface area contributed by atoms with Gasteiger partial charge in [0.05, 0.1) is 30.3 Å². The van der Waals surface area contributed by atoms with Crippen LogP contribution in [0.3, 0.4) is 0 Å². The number of aromatic nitrogens is 4. The van der Waals surface area contributed by atoms with Gasteiger partial charge >= 0.3 is 12.4 Å². The fourth-order valence-corrected chi connectivity index (χ4v) is 11.9. The molecule has 0 saturated heterocycles. The molecule has 0 radical (unpaired) electrons. The van der Waals surface area contributed by atoms with Crippen LogP contribution in [0, 0.1) is 25.5 Å². The smallest absolute Gasteiger partial charge is 0.336 e. The van der Waals surface area contributed by atoms with Crippen LogP contribution >= 0.6 is 23.5 Å². The normalized spacial score (nSPS) is 17.8. The highest BCUT2D eigenvalue weighted by atomic mass is 32.2. The number of fused-ring (bicyclic) bond motifs is 2. The topological polar surface area (TPSA) is 117 Å². The highest BCUT2D eigenvalue weighted by Crippen LogP contribution is 2.35. The first kappa shape index (κ1) is 46.3. The molecule has 0 unspecified atom stereocenters. The van der Waals surface area contributed by atoms with Crippen molar-refractivity contribution < 1.29 is 77.6 Å². The quantitative estimate of drug-likeness (QED) is 0.0295. The summed E-state index contributed by atoms with van der Waals surface area (Å²) in [6, 6.07) is 13.0. The van der Waals surface area contributed by atoms with E-state index in [-0.39, 0.29) is 110 Å². The molecule has 2 amide bonds. The van der Waals surface area contributed by atoms with E-state index >= 15 is 4.79 Å². The fourth-order valence-electron chi connectivity index (χ4n) is 10.0. The minimum atomic E-state index is -4.77. The Labute approximate surface area is 597 Å². The van der Waals surface area contributed by atoms with Crippen molar-refractivity contribution in [2.45, 2.75) is 140 Å². The van der Waals surface area contributed by atoms with Gasteiger partial charge in [-0.1, -0.05) is 136 Å². The van der Waals surface area contributed by atoms with E-state index < -0.39 is 193 Å². The van der Waals surface area contributed by atoms with Gasteiger partial charge in [-0.25, -0.2) is 8.78 Å². The van der Waals surface area contributed by atoms with E-state index in [4.69, 9.17) is 21.9 Å². The number of carbonyl (C=O) groups excluding carboxylic acids is 2. The van der Waals surface area contributed by atoms with Crippen molar-refractivity contribution in [3.63, 3.8) is 0 Å². The molecule has 0 spiro atoms. The summed E-state index contributed by atoms with van der Waals surface area (Å²) in [6.45, 7) is -25.7. The second-order valence-corrected chi connectivity index (χ2v) is 23.4. The van der Waals surface area contributed by atoms with Crippen LogP contribution in [0.5, 0.6) is 0 Å². The Morgan fingerprint density at radius 2 is 0.948 bits per heavy atom. The Morgan fingerprint density at radius 3 is 1.38 bits per heavy atom. The zero-order valence-corrected chi connectivity index (χ0v) is 54.2. The molecule has 22 heteroatoms. The van der Waals surface area contributed by atoms with Crippen molar-refractivity contribution in [2.24, 2.45) is 0 Å². The molecule has 2 heterocycles. The summed E-state index contributed by atoms with van der Waals surface area (Å²) in [4.78, 5) is 65.3. The lowest BCUT2D eigenvalue weighted by Gasteiger charge is -2.28. The second kappa shape index (κ2) is 32.9. The predicted octanol–water partition coefficient (Wildman–Crippen LogP) is 15.1. The molecule has 508 valence electrons. The number of hydrogen-bond donors (Lipinski definition) is 0. The number of hydrogen-bond acceptors (Lipinski definition) is 10. The van der Waals surface area contributed by atoms with Gasteiger partial charge in [-0.3, -0.25) is 19.2 Å². The third-order valence-electron chi connectivity index (χ3n) is 15.2. The number of likely N-dealkylation sites (N-methyl/N-ethyl adjacent to an activating group) is 2. The number of halogens is 8. The average molecular weight is 1390 g/mol. The maximum atomic E-state index is 15.2. The van der Waals surface area contributed by atoms with Crippen LogP contribution in [-0.4, -0.2) is 103 Å². The summed E-state index contributed by atoms with van der Waals surface area (Å²) in [5, 5.41) is -0.635. The maximum Gasteiger partial charge on any atom is 0.416 e. The average Bonchev–Trinajstić information content (AvgIpc) is 0.723. The first-order valence-electron chi connectivity index (χ1n) is 41.8. The van der Waals surface area contributed by atoms with E-state index in [0.29, 0.717) is 59.9 Å². The molecule has 0 fully saturated rings. The molecule has 0 saturated carbocycles. The Balaban J connectivity index is 0.000000274. The Morgan fingerprint density at radius 1 is 0.531 bits per heavy atom. The van der Waals surface area contributed by atoms with E-state index in [9.17, 15) is 60.5 Å².